The number of nitrogens with one attached hydrogen (secondary N) is 2. The Bertz CT molecular complexity index is 368. The Labute approximate surface area is 128 Å². The van der Waals surface area contributed by atoms with Crippen molar-refractivity contribution in [3.05, 3.63) is 35.9 Å². The lowest BCUT2D eigenvalue weighted by Crippen LogP contribution is -2.38. The maximum Gasteiger partial charge on any atom is 0.223 e. The first-order valence-electron chi connectivity index (χ1n) is 7.17. The van der Waals surface area contributed by atoms with Gasteiger partial charge in [-0.15, -0.1) is 12.4 Å². The van der Waals surface area contributed by atoms with Gasteiger partial charge in [-0.25, -0.2) is 0 Å². The van der Waals surface area contributed by atoms with Crippen molar-refractivity contribution in [2.45, 2.75) is 27.2 Å². The molecule has 1 aromatic rings. The topological polar surface area (TPSA) is 41.1 Å². The number of carbonyl (C=O) groups excluding carboxylic acids is 1. The monoisotopic (exact) mass is 298 g/mol. The van der Waals surface area contributed by atoms with E-state index in [1.54, 1.807) is 0 Å². The molecule has 1 atom stereocenters. The minimum absolute atomic E-state index is 0. The molecule has 4 heteroatoms. The zero-order chi connectivity index (χ0) is 14.1. The fraction of sp³-hybridized carbons (Fsp3) is 0.562. The molecule has 0 bridgehead atoms. The summed E-state index contributed by atoms with van der Waals surface area (Å²) in [5, 5.41) is 6.22. The Morgan fingerprint density at radius 2 is 1.80 bits per heavy atom. The zero-order valence-electron chi connectivity index (χ0n) is 12.7. The first kappa shape index (κ1) is 18.9. The number of hydrogen-bond acceptors (Lipinski definition) is 2. The van der Waals surface area contributed by atoms with E-state index in [4.69, 9.17) is 0 Å². The van der Waals surface area contributed by atoms with Crippen LogP contribution in [0, 0.1) is 11.8 Å². The molecule has 0 radical (unpaired) electrons. The Morgan fingerprint density at radius 3 is 2.35 bits per heavy atom. The molecule has 0 fully saturated rings. The van der Waals surface area contributed by atoms with E-state index in [1.807, 2.05) is 18.2 Å². The summed E-state index contributed by atoms with van der Waals surface area (Å²) in [5.41, 5.74) is 1.23. The summed E-state index contributed by atoms with van der Waals surface area (Å²) in [5.74, 6) is 0.556. The van der Waals surface area contributed by atoms with E-state index < -0.39 is 0 Å². The van der Waals surface area contributed by atoms with E-state index in [0.717, 1.165) is 19.5 Å². The summed E-state index contributed by atoms with van der Waals surface area (Å²) in [6.45, 7) is 8.75. The van der Waals surface area contributed by atoms with Gasteiger partial charge in [0.25, 0.3) is 0 Å². The average molecular weight is 299 g/mol. The predicted octanol–water partition coefficient (Wildman–Crippen LogP) is 2.65. The number of halogens is 1. The van der Waals surface area contributed by atoms with Gasteiger partial charge >= 0.3 is 0 Å². The number of amides is 1. The second-order valence-corrected chi connectivity index (χ2v) is 5.18. The van der Waals surface area contributed by atoms with Gasteiger partial charge in [-0.1, -0.05) is 51.1 Å². The maximum absolute atomic E-state index is 12.2. The van der Waals surface area contributed by atoms with Crippen LogP contribution in [0.5, 0.6) is 0 Å². The number of carbonyl (C=O) groups is 1. The third-order valence-corrected chi connectivity index (χ3v) is 3.29. The Balaban J connectivity index is 0.00000361. The summed E-state index contributed by atoms with van der Waals surface area (Å²) in [4.78, 5) is 12.2. The Morgan fingerprint density at radius 1 is 1.15 bits per heavy atom. The molecule has 0 aliphatic rings. The molecule has 0 aliphatic heterocycles. The molecule has 0 aliphatic carbocycles. The first-order chi connectivity index (χ1) is 9.15. The Hall–Kier alpha value is -1.06. The molecule has 20 heavy (non-hydrogen) atoms. The van der Waals surface area contributed by atoms with Crippen LogP contribution in [0.3, 0.4) is 0 Å². The minimum Gasteiger partial charge on any atom is -0.355 e. The highest BCUT2D eigenvalue weighted by molar-refractivity contribution is 5.85. The SMILES string of the molecule is CCNCCNC(=O)C(Cc1ccccc1)C(C)C.Cl. The molecule has 3 nitrogen and oxygen atoms in total. The highest BCUT2D eigenvalue weighted by atomic mass is 35.5. The lowest BCUT2D eigenvalue weighted by Gasteiger charge is -2.20. The first-order valence-corrected chi connectivity index (χ1v) is 7.17. The van der Waals surface area contributed by atoms with Gasteiger partial charge in [-0.05, 0) is 24.4 Å². The molecule has 1 unspecified atom stereocenters. The molecule has 2 N–H and O–H groups in total. The van der Waals surface area contributed by atoms with Crippen LogP contribution in [-0.4, -0.2) is 25.5 Å². The summed E-state index contributed by atoms with van der Waals surface area (Å²) in [6, 6.07) is 10.2. The molecular formula is C16H27ClN2O. The lowest BCUT2D eigenvalue weighted by molar-refractivity contribution is -0.126. The van der Waals surface area contributed by atoms with Gasteiger partial charge in [0, 0.05) is 19.0 Å². The van der Waals surface area contributed by atoms with Crippen LogP contribution >= 0.6 is 12.4 Å². The molecule has 114 valence electrons. The summed E-state index contributed by atoms with van der Waals surface area (Å²) >= 11 is 0. The molecule has 1 rings (SSSR count). The third kappa shape index (κ3) is 6.92. The van der Waals surface area contributed by atoms with Crippen molar-refractivity contribution in [1.82, 2.24) is 10.6 Å². The van der Waals surface area contributed by atoms with E-state index in [0.29, 0.717) is 12.5 Å². The summed E-state index contributed by atoms with van der Waals surface area (Å²) in [6.07, 6.45) is 0.811. The molecule has 0 saturated heterocycles. The highest BCUT2D eigenvalue weighted by Crippen LogP contribution is 2.17. The van der Waals surface area contributed by atoms with Gasteiger partial charge in [-0.2, -0.15) is 0 Å². The third-order valence-electron chi connectivity index (χ3n) is 3.29. The number of likely N-dealkylation sites (N-methyl/N-ethyl adjacent to an activating group) is 1. The van der Waals surface area contributed by atoms with E-state index in [-0.39, 0.29) is 24.2 Å². The maximum atomic E-state index is 12.2. The van der Waals surface area contributed by atoms with Crippen LogP contribution in [0.25, 0.3) is 0 Å². The highest BCUT2D eigenvalue weighted by Gasteiger charge is 2.21. The fourth-order valence-electron chi connectivity index (χ4n) is 2.08. The molecular weight excluding hydrogens is 272 g/mol. The smallest absolute Gasteiger partial charge is 0.223 e. The molecule has 0 heterocycles. The van der Waals surface area contributed by atoms with Crippen LogP contribution in [0.1, 0.15) is 26.3 Å². The molecule has 1 aromatic carbocycles. The van der Waals surface area contributed by atoms with Crippen LogP contribution in [0.15, 0.2) is 30.3 Å². The van der Waals surface area contributed by atoms with Gasteiger partial charge in [0.1, 0.15) is 0 Å². The van der Waals surface area contributed by atoms with E-state index in [1.165, 1.54) is 5.56 Å². The molecule has 0 spiro atoms. The van der Waals surface area contributed by atoms with E-state index in [2.05, 4.69) is 43.5 Å². The van der Waals surface area contributed by atoms with Crippen LogP contribution in [0.4, 0.5) is 0 Å². The van der Waals surface area contributed by atoms with Crippen molar-refractivity contribution in [2.75, 3.05) is 19.6 Å². The fourth-order valence-corrected chi connectivity index (χ4v) is 2.08. The Kier molecular flexibility index (Phi) is 10.1. The van der Waals surface area contributed by atoms with Gasteiger partial charge in [0.05, 0.1) is 0 Å². The average Bonchev–Trinajstić information content (AvgIpc) is 2.41. The zero-order valence-corrected chi connectivity index (χ0v) is 13.5. The summed E-state index contributed by atoms with van der Waals surface area (Å²) in [7, 11) is 0. The largest absolute Gasteiger partial charge is 0.355 e. The van der Waals surface area contributed by atoms with Crippen molar-refractivity contribution in [2.24, 2.45) is 11.8 Å². The number of benzene rings is 1. The van der Waals surface area contributed by atoms with Crippen molar-refractivity contribution < 1.29 is 4.79 Å². The summed E-state index contributed by atoms with van der Waals surface area (Å²) < 4.78 is 0. The number of hydrogen-bond donors (Lipinski definition) is 2. The van der Waals surface area contributed by atoms with Crippen molar-refractivity contribution >= 4 is 18.3 Å². The van der Waals surface area contributed by atoms with Gasteiger partial charge < -0.3 is 10.6 Å². The van der Waals surface area contributed by atoms with E-state index in [9.17, 15) is 4.79 Å². The van der Waals surface area contributed by atoms with Crippen LogP contribution in [-0.2, 0) is 11.2 Å². The molecule has 1 amide bonds. The number of rotatable bonds is 8. The van der Waals surface area contributed by atoms with E-state index >= 15 is 0 Å². The molecule has 0 saturated carbocycles. The van der Waals surface area contributed by atoms with Gasteiger partial charge in [0.15, 0.2) is 0 Å². The molecule has 0 aromatic heterocycles. The van der Waals surface area contributed by atoms with Crippen molar-refractivity contribution in [1.29, 1.82) is 0 Å². The van der Waals surface area contributed by atoms with Crippen LogP contribution < -0.4 is 10.6 Å². The van der Waals surface area contributed by atoms with Crippen molar-refractivity contribution in [3.8, 4) is 0 Å². The second-order valence-electron chi connectivity index (χ2n) is 5.18. The van der Waals surface area contributed by atoms with Gasteiger partial charge in [0.2, 0.25) is 5.91 Å². The van der Waals surface area contributed by atoms with Crippen molar-refractivity contribution in [3.63, 3.8) is 0 Å². The standard InChI is InChI=1S/C16H26N2O.ClH/c1-4-17-10-11-18-16(19)15(13(2)3)12-14-8-6-5-7-9-14;/h5-9,13,15,17H,4,10-12H2,1-3H3,(H,18,19);1H. The quantitative estimate of drug-likeness (QED) is 0.725. The predicted molar refractivity (Wildman–Crippen MR) is 87.3 cm³/mol. The minimum atomic E-state index is 0. The lowest BCUT2D eigenvalue weighted by atomic mass is 9.88. The second kappa shape index (κ2) is 10.7. The van der Waals surface area contributed by atoms with Gasteiger partial charge in [-0.3, -0.25) is 4.79 Å². The normalized spacial score (nSPS) is 11.8. The van der Waals surface area contributed by atoms with Crippen LogP contribution in [0.2, 0.25) is 0 Å².